The number of para-hydroxylation sites is 1. The van der Waals surface area contributed by atoms with Crippen molar-refractivity contribution in [3.63, 3.8) is 0 Å². The lowest BCUT2D eigenvalue weighted by Crippen LogP contribution is -2.24. The number of fused-ring (bicyclic) bond motifs is 1. The summed E-state index contributed by atoms with van der Waals surface area (Å²) in [7, 11) is 0. The molecule has 2 aromatic carbocycles. The molecule has 0 saturated carbocycles. The molecule has 0 aliphatic carbocycles. The minimum absolute atomic E-state index is 0.0530. The highest BCUT2D eigenvalue weighted by Crippen LogP contribution is 2.23. The smallest absolute Gasteiger partial charge is 0.264 e. The SMILES string of the molecule is N#Cc1cnc(N)nc1NCc1cc2cccc(Cl)c2c(=O)n1-c1ccccc1. The van der Waals surface area contributed by atoms with Crippen molar-refractivity contribution in [3.8, 4) is 11.8 Å². The van der Waals surface area contributed by atoms with E-state index in [4.69, 9.17) is 17.3 Å². The van der Waals surface area contributed by atoms with E-state index >= 15 is 0 Å². The van der Waals surface area contributed by atoms with Crippen molar-refractivity contribution < 1.29 is 0 Å². The van der Waals surface area contributed by atoms with Crippen molar-refractivity contribution in [2.24, 2.45) is 0 Å². The Morgan fingerprint density at radius 1 is 1.17 bits per heavy atom. The fourth-order valence-corrected chi connectivity index (χ4v) is 3.41. The van der Waals surface area contributed by atoms with Gasteiger partial charge in [-0.15, -0.1) is 0 Å². The first kappa shape index (κ1) is 18.5. The van der Waals surface area contributed by atoms with E-state index in [0.29, 0.717) is 27.6 Å². The van der Waals surface area contributed by atoms with Crippen molar-refractivity contribution in [2.75, 3.05) is 11.1 Å². The molecule has 29 heavy (non-hydrogen) atoms. The van der Waals surface area contributed by atoms with Gasteiger partial charge in [0, 0.05) is 11.4 Å². The molecule has 2 aromatic heterocycles. The van der Waals surface area contributed by atoms with Gasteiger partial charge in [-0.25, -0.2) is 4.98 Å². The molecule has 0 spiro atoms. The number of halogens is 1. The predicted octanol–water partition coefficient (Wildman–Crippen LogP) is 3.50. The number of nitrogen functional groups attached to an aromatic ring is 1. The summed E-state index contributed by atoms with van der Waals surface area (Å²) in [6, 6.07) is 18.5. The number of nitrogens with two attached hydrogens (primary N) is 1. The van der Waals surface area contributed by atoms with Crippen LogP contribution in [-0.4, -0.2) is 14.5 Å². The molecule has 7 nitrogen and oxygen atoms in total. The summed E-state index contributed by atoms with van der Waals surface area (Å²) in [5, 5.41) is 13.9. The first-order chi connectivity index (χ1) is 14.1. The predicted molar refractivity (Wildman–Crippen MR) is 113 cm³/mol. The lowest BCUT2D eigenvalue weighted by Gasteiger charge is -2.16. The molecule has 8 heteroatoms. The minimum atomic E-state index is -0.223. The molecule has 0 amide bonds. The van der Waals surface area contributed by atoms with Crippen LogP contribution >= 0.6 is 11.6 Å². The van der Waals surface area contributed by atoms with Gasteiger partial charge < -0.3 is 11.1 Å². The van der Waals surface area contributed by atoms with Crippen molar-refractivity contribution in [1.82, 2.24) is 14.5 Å². The summed E-state index contributed by atoms with van der Waals surface area (Å²) < 4.78 is 1.60. The molecule has 0 unspecified atom stereocenters. The quantitative estimate of drug-likeness (QED) is 0.540. The Labute approximate surface area is 171 Å². The molecule has 0 aliphatic rings. The van der Waals surface area contributed by atoms with Gasteiger partial charge in [0.2, 0.25) is 5.95 Å². The van der Waals surface area contributed by atoms with E-state index in [9.17, 15) is 10.1 Å². The second-order valence-corrected chi connectivity index (χ2v) is 6.68. The highest BCUT2D eigenvalue weighted by atomic mass is 35.5. The van der Waals surface area contributed by atoms with Gasteiger partial charge >= 0.3 is 0 Å². The van der Waals surface area contributed by atoms with Gasteiger partial charge in [0.05, 0.1) is 23.2 Å². The third-order valence-electron chi connectivity index (χ3n) is 4.45. The van der Waals surface area contributed by atoms with E-state index < -0.39 is 0 Å². The molecule has 0 bridgehead atoms. The molecule has 0 radical (unpaired) electrons. The Bertz CT molecular complexity index is 1310. The maximum atomic E-state index is 13.3. The van der Waals surface area contributed by atoms with Crippen LogP contribution in [0.1, 0.15) is 11.3 Å². The highest BCUT2D eigenvalue weighted by molar-refractivity contribution is 6.35. The molecule has 3 N–H and O–H groups in total. The van der Waals surface area contributed by atoms with Crippen LogP contribution in [0.3, 0.4) is 0 Å². The standard InChI is InChI=1S/C21H15ClN6O/c22-17-8-4-5-13-9-16(12-25-19-14(10-23)11-26-21(24)27-19)28(20(29)18(13)17)15-6-2-1-3-7-15/h1-9,11H,12H2,(H3,24,25,26,27). The first-order valence-corrected chi connectivity index (χ1v) is 9.11. The summed E-state index contributed by atoms with van der Waals surface area (Å²) in [5.41, 5.74) is 7.07. The fourth-order valence-electron chi connectivity index (χ4n) is 3.15. The summed E-state index contributed by atoms with van der Waals surface area (Å²) in [5.74, 6) is 0.357. The molecular formula is C21H15ClN6O. The van der Waals surface area contributed by atoms with Crippen molar-refractivity contribution in [1.29, 1.82) is 5.26 Å². The number of rotatable bonds is 4. The third-order valence-corrected chi connectivity index (χ3v) is 4.77. The van der Waals surface area contributed by atoms with Gasteiger partial charge in [0.15, 0.2) is 0 Å². The van der Waals surface area contributed by atoms with Gasteiger partial charge in [0.1, 0.15) is 17.5 Å². The maximum Gasteiger partial charge on any atom is 0.264 e. The molecule has 4 aromatic rings. The molecule has 0 aliphatic heterocycles. The van der Waals surface area contributed by atoms with Crippen LogP contribution in [0, 0.1) is 11.3 Å². The lowest BCUT2D eigenvalue weighted by molar-refractivity contribution is 0.890. The van der Waals surface area contributed by atoms with E-state index in [2.05, 4.69) is 15.3 Å². The van der Waals surface area contributed by atoms with Crippen LogP contribution in [0.5, 0.6) is 0 Å². The normalized spacial score (nSPS) is 10.6. The van der Waals surface area contributed by atoms with Crippen molar-refractivity contribution >= 4 is 34.1 Å². The average molecular weight is 403 g/mol. The first-order valence-electron chi connectivity index (χ1n) is 8.73. The van der Waals surface area contributed by atoms with Gasteiger partial charge in [-0.3, -0.25) is 9.36 Å². The van der Waals surface area contributed by atoms with Crippen LogP contribution in [0.15, 0.2) is 65.6 Å². The topological polar surface area (TPSA) is 110 Å². The van der Waals surface area contributed by atoms with Crippen LogP contribution < -0.4 is 16.6 Å². The van der Waals surface area contributed by atoms with Crippen molar-refractivity contribution in [3.05, 3.63) is 87.4 Å². The van der Waals surface area contributed by atoms with Gasteiger partial charge in [-0.05, 0) is 29.7 Å². The lowest BCUT2D eigenvalue weighted by atomic mass is 10.1. The Balaban J connectivity index is 1.87. The second kappa shape index (κ2) is 7.62. The zero-order chi connectivity index (χ0) is 20.4. The van der Waals surface area contributed by atoms with Gasteiger partial charge in [-0.2, -0.15) is 10.2 Å². The molecule has 0 saturated heterocycles. The van der Waals surface area contributed by atoms with Gasteiger partial charge in [0.25, 0.3) is 5.56 Å². The number of hydrogen-bond acceptors (Lipinski definition) is 6. The van der Waals surface area contributed by atoms with Crippen LogP contribution in [0.4, 0.5) is 11.8 Å². The number of anilines is 2. The number of pyridine rings is 1. The zero-order valence-corrected chi connectivity index (χ0v) is 15.9. The Kier molecular flexibility index (Phi) is 4.85. The average Bonchev–Trinajstić information content (AvgIpc) is 2.73. The monoisotopic (exact) mass is 402 g/mol. The van der Waals surface area contributed by atoms with Crippen LogP contribution in [0.25, 0.3) is 16.5 Å². The number of benzene rings is 2. The molecular weight excluding hydrogens is 388 g/mol. The van der Waals surface area contributed by atoms with Crippen LogP contribution in [0.2, 0.25) is 5.02 Å². The third kappa shape index (κ3) is 3.49. The van der Waals surface area contributed by atoms with E-state index in [-0.39, 0.29) is 23.6 Å². The van der Waals surface area contributed by atoms with Crippen LogP contribution in [-0.2, 0) is 6.54 Å². The number of aromatic nitrogens is 3. The Hall–Kier alpha value is -3.89. The number of nitrogens with zero attached hydrogens (tertiary/aromatic N) is 4. The van der Waals surface area contributed by atoms with E-state index in [1.54, 1.807) is 16.7 Å². The van der Waals surface area contributed by atoms with E-state index in [1.165, 1.54) is 6.20 Å². The maximum absolute atomic E-state index is 13.3. The van der Waals surface area contributed by atoms with Crippen molar-refractivity contribution in [2.45, 2.75) is 6.54 Å². The van der Waals surface area contributed by atoms with E-state index in [1.807, 2.05) is 48.5 Å². The number of nitriles is 1. The number of hydrogen-bond donors (Lipinski definition) is 2. The largest absolute Gasteiger partial charge is 0.368 e. The molecule has 4 rings (SSSR count). The Morgan fingerprint density at radius 3 is 2.72 bits per heavy atom. The molecule has 0 fully saturated rings. The molecule has 2 heterocycles. The number of nitrogens with one attached hydrogen (secondary N) is 1. The van der Waals surface area contributed by atoms with Gasteiger partial charge in [-0.1, -0.05) is 41.9 Å². The highest BCUT2D eigenvalue weighted by Gasteiger charge is 2.14. The summed E-state index contributed by atoms with van der Waals surface area (Å²) in [6.45, 7) is 0.234. The minimum Gasteiger partial charge on any atom is -0.368 e. The molecule has 142 valence electrons. The summed E-state index contributed by atoms with van der Waals surface area (Å²) in [6.07, 6.45) is 1.36. The fraction of sp³-hybridized carbons (Fsp3) is 0.0476. The summed E-state index contributed by atoms with van der Waals surface area (Å²) >= 11 is 6.31. The second-order valence-electron chi connectivity index (χ2n) is 6.27. The zero-order valence-electron chi connectivity index (χ0n) is 15.1. The summed E-state index contributed by atoms with van der Waals surface area (Å²) in [4.78, 5) is 21.2. The molecule has 0 atom stereocenters. The Morgan fingerprint density at radius 2 is 1.97 bits per heavy atom. The van der Waals surface area contributed by atoms with E-state index in [0.717, 1.165) is 5.39 Å².